The molecule has 0 radical (unpaired) electrons. The highest BCUT2D eigenvalue weighted by molar-refractivity contribution is 5.85. The van der Waals surface area contributed by atoms with E-state index in [1.54, 1.807) is 0 Å². The number of hydrogen-bond donors (Lipinski definition) is 3. The second-order valence-electron chi connectivity index (χ2n) is 2.50. The maximum absolute atomic E-state index is 12.4. The molecule has 11 heavy (non-hydrogen) atoms. The lowest BCUT2D eigenvalue weighted by Crippen LogP contribution is -2.70. The lowest BCUT2D eigenvalue weighted by molar-refractivity contribution is -0.218. The van der Waals surface area contributed by atoms with E-state index in [1.165, 1.54) is 0 Å². The van der Waals surface area contributed by atoms with Crippen LogP contribution in [0.5, 0.6) is 0 Å². The van der Waals surface area contributed by atoms with Crippen LogP contribution in [-0.2, 0) is 0 Å². The van der Waals surface area contributed by atoms with Gasteiger partial charge in [0.2, 0.25) is 0 Å². The molecule has 68 valence electrons. The molecule has 0 unspecified atom stereocenters. The van der Waals surface area contributed by atoms with Crippen LogP contribution < -0.4 is 5.32 Å². The quantitative estimate of drug-likeness (QED) is 0.542. The second-order valence-corrected chi connectivity index (χ2v) is 2.50. The summed E-state index contributed by atoms with van der Waals surface area (Å²) < 4.78 is 24.9. The van der Waals surface area contributed by atoms with Crippen molar-refractivity contribution in [2.75, 3.05) is 19.7 Å². The minimum Gasteiger partial charge on any atom is -0.390 e. The van der Waals surface area contributed by atoms with E-state index in [9.17, 15) is 8.78 Å². The van der Waals surface area contributed by atoms with E-state index in [2.05, 4.69) is 5.32 Å². The van der Waals surface area contributed by atoms with Crippen LogP contribution in [-0.4, -0.2) is 41.4 Å². The number of nitrogens with one attached hydrogen (secondary N) is 1. The van der Waals surface area contributed by atoms with E-state index in [-0.39, 0.29) is 25.5 Å². The number of β-amino-alcohol motifs (C(OH)–C–C–N with tert-alkyl or cyclic N) is 1. The van der Waals surface area contributed by atoms with Crippen molar-refractivity contribution in [3.05, 3.63) is 0 Å². The van der Waals surface area contributed by atoms with Crippen LogP contribution in [0, 0.1) is 0 Å². The molecule has 1 saturated heterocycles. The monoisotopic (exact) mass is 189 g/mol. The fourth-order valence-corrected chi connectivity index (χ4v) is 0.768. The van der Waals surface area contributed by atoms with Crippen molar-refractivity contribution in [2.45, 2.75) is 11.5 Å². The van der Waals surface area contributed by atoms with Crippen molar-refractivity contribution in [3.8, 4) is 0 Å². The molecule has 3 nitrogen and oxygen atoms in total. The van der Waals surface area contributed by atoms with E-state index in [0.29, 0.717) is 0 Å². The van der Waals surface area contributed by atoms with E-state index < -0.39 is 18.1 Å². The van der Waals surface area contributed by atoms with Crippen molar-refractivity contribution < 1.29 is 19.0 Å². The molecule has 0 aromatic rings. The van der Waals surface area contributed by atoms with Crippen molar-refractivity contribution in [2.24, 2.45) is 0 Å². The van der Waals surface area contributed by atoms with Crippen LogP contribution in [0.3, 0.4) is 0 Å². The highest BCUT2D eigenvalue weighted by atomic mass is 35.5. The highest BCUT2D eigenvalue weighted by Gasteiger charge is 2.55. The van der Waals surface area contributed by atoms with Crippen LogP contribution in [0.4, 0.5) is 8.78 Å². The van der Waals surface area contributed by atoms with E-state index >= 15 is 0 Å². The maximum Gasteiger partial charge on any atom is 0.301 e. The van der Waals surface area contributed by atoms with Gasteiger partial charge in [-0.2, -0.15) is 0 Å². The summed E-state index contributed by atoms with van der Waals surface area (Å²) in [7, 11) is 0. The zero-order chi connectivity index (χ0) is 7.83. The molecule has 1 aliphatic rings. The first kappa shape index (κ1) is 11.0. The fourth-order valence-electron chi connectivity index (χ4n) is 0.768. The summed E-state index contributed by atoms with van der Waals surface area (Å²) in [5, 5.41) is 19.6. The molecule has 6 heteroatoms. The summed E-state index contributed by atoms with van der Waals surface area (Å²) in [5.74, 6) is -3.38. The summed E-state index contributed by atoms with van der Waals surface area (Å²) in [5.41, 5.74) is -2.03. The Hall–Kier alpha value is 0.0300. The largest absolute Gasteiger partial charge is 0.390 e. The van der Waals surface area contributed by atoms with E-state index in [0.717, 1.165) is 0 Å². The molecule has 0 spiro atoms. The normalized spacial score (nSPS) is 21.8. The van der Waals surface area contributed by atoms with Gasteiger partial charge in [0.1, 0.15) is 6.61 Å². The molecular formula is C5H10ClF2NO2. The Morgan fingerprint density at radius 1 is 1.45 bits per heavy atom. The molecule has 1 heterocycles. The Morgan fingerprint density at radius 3 is 2.00 bits per heavy atom. The minimum absolute atomic E-state index is 0. The molecule has 0 atom stereocenters. The van der Waals surface area contributed by atoms with Gasteiger partial charge in [-0.1, -0.05) is 0 Å². The van der Waals surface area contributed by atoms with Crippen molar-refractivity contribution in [3.63, 3.8) is 0 Å². The number of aliphatic hydroxyl groups is 2. The molecule has 0 aromatic carbocycles. The van der Waals surface area contributed by atoms with Crippen molar-refractivity contribution in [1.29, 1.82) is 0 Å². The van der Waals surface area contributed by atoms with Crippen LogP contribution in [0.1, 0.15) is 0 Å². The third-order valence-electron chi connectivity index (χ3n) is 1.71. The topological polar surface area (TPSA) is 52.5 Å². The summed E-state index contributed by atoms with van der Waals surface area (Å²) in [4.78, 5) is 0. The van der Waals surface area contributed by atoms with Gasteiger partial charge in [-0.15, -0.1) is 12.4 Å². The first-order chi connectivity index (χ1) is 4.52. The third-order valence-corrected chi connectivity index (χ3v) is 1.71. The number of alkyl halides is 2. The average molecular weight is 190 g/mol. The van der Waals surface area contributed by atoms with Gasteiger partial charge in [-0.3, -0.25) is 0 Å². The maximum atomic E-state index is 12.4. The summed E-state index contributed by atoms with van der Waals surface area (Å²) in [6.45, 7) is -1.60. The zero-order valence-corrected chi connectivity index (χ0v) is 6.50. The van der Waals surface area contributed by atoms with Crippen molar-refractivity contribution in [1.82, 2.24) is 5.32 Å². The third kappa shape index (κ3) is 1.61. The van der Waals surface area contributed by atoms with Gasteiger partial charge in [-0.05, 0) is 0 Å². The number of rotatable bonds is 2. The number of hydrogen-bond acceptors (Lipinski definition) is 3. The Balaban J connectivity index is 0.000001000. The van der Waals surface area contributed by atoms with E-state index in [4.69, 9.17) is 10.2 Å². The molecule has 0 saturated carbocycles. The average Bonchev–Trinajstić information content (AvgIpc) is 1.82. The van der Waals surface area contributed by atoms with Crippen molar-refractivity contribution >= 4 is 12.4 Å². The van der Waals surface area contributed by atoms with Crippen LogP contribution in [0.25, 0.3) is 0 Å². The summed E-state index contributed by atoms with van der Waals surface area (Å²) in [6.07, 6.45) is 0. The Morgan fingerprint density at radius 2 is 1.91 bits per heavy atom. The predicted molar refractivity (Wildman–Crippen MR) is 37.1 cm³/mol. The Bertz CT molecular complexity index is 131. The number of aliphatic hydroxyl groups excluding tert-OH is 1. The first-order valence-corrected chi connectivity index (χ1v) is 2.94. The van der Waals surface area contributed by atoms with Crippen LogP contribution in [0.2, 0.25) is 0 Å². The Labute approximate surface area is 68.8 Å². The zero-order valence-electron chi connectivity index (χ0n) is 5.68. The van der Waals surface area contributed by atoms with Gasteiger partial charge in [0.15, 0.2) is 5.60 Å². The smallest absolute Gasteiger partial charge is 0.301 e. The molecule has 0 aliphatic carbocycles. The second kappa shape index (κ2) is 3.18. The van der Waals surface area contributed by atoms with Gasteiger partial charge in [0.05, 0.1) is 0 Å². The van der Waals surface area contributed by atoms with Gasteiger partial charge < -0.3 is 15.5 Å². The molecule has 0 bridgehead atoms. The lowest BCUT2D eigenvalue weighted by Gasteiger charge is -2.42. The molecule has 1 aliphatic heterocycles. The van der Waals surface area contributed by atoms with Gasteiger partial charge >= 0.3 is 5.92 Å². The Kier molecular flexibility index (Phi) is 3.19. The predicted octanol–water partition coefficient (Wildman–Crippen LogP) is -0.630. The molecule has 1 fully saturated rings. The van der Waals surface area contributed by atoms with E-state index in [1.807, 2.05) is 0 Å². The molecule has 1 rings (SSSR count). The van der Waals surface area contributed by atoms with Gasteiger partial charge in [-0.25, -0.2) is 8.78 Å². The molecule has 0 amide bonds. The molecule has 0 aromatic heterocycles. The van der Waals surface area contributed by atoms with Crippen LogP contribution in [0.15, 0.2) is 0 Å². The molecule has 3 N–H and O–H groups in total. The fraction of sp³-hybridized carbons (Fsp3) is 1.00. The minimum atomic E-state index is -3.38. The molecular weight excluding hydrogens is 180 g/mol. The standard InChI is InChI=1S/C5H9F2NO2.ClH/c6-5(7,3-9)4(10)1-8-2-4;/h8-10H,1-3H2;1H. The van der Waals surface area contributed by atoms with Gasteiger partial charge in [0.25, 0.3) is 0 Å². The first-order valence-electron chi connectivity index (χ1n) is 2.94. The SMILES string of the molecule is Cl.OCC(F)(F)C1(O)CNC1. The van der Waals surface area contributed by atoms with Crippen LogP contribution >= 0.6 is 12.4 Å². The highest BCUT2D eigenvalue weighted by Crippen LogP contribution is 2.31. The summed E-state index contributed by atoms with van der Waals surface area (Å²) in [6, 6.07) is 0. The summed E-state index contributed by atoms with van der Waals surface area (Å²) >= 11 is 0. The lowest BCUT2D eigenvalue weighted by atomic mass is 9.90. The number of halogens is 3. The van der Waals surface area contributed by atoms with Gasteiger partial charge in [0, 0.05) is 13.1 Å².